The van der Waals surface area contributed by atoms with Gasteiger partial charge in [-0.3, -0.25) is 4.79 Å². The molecule has 0 radical (unpaired) electrons. The summed E-state index contributed by atoms with van der Waals surface area (Å²) < 4.78 is 28.7. The number of carbonyl (C=O) groups excluding carboxylic acids is 2. The number of sulfone groups is 1. The number of ether oxygens (including phenoxy) is 1. The van der Waals surface area contributed by atoms with Gasteiger partial charge in [0.2, 0.25) is 0 Å². The Kier molecular flexibility index (Phi) is 6.38. The van der Waals surface area contributed by atoms with Crippen LogP contribution in [0.2, 0.25) is 0 Å². The van der Waals surface area contributed by atoms with Crippen LogP contribution in [0.15, 0.2) is 53.4 Å². The minimum atomic E-state index is -3.45. The van der Waals surface area contributed by atoms with Crippen LogP contribution in [0.3, 0.4) is 0 Å². The van der Waals surface area contributed by atoms with Crippen molar-refractivity contribution in [2.24, 2.45) is 0 Å². The van der Waals surface area contributed by atoms with E-state index < -0.39 is 21.9 Å². The lowest BCUT2D eigenvalue weighted by Gasteiger charge is -2.22. The first-order valence-electron chi connectivity index (χ1n) is 8.40. The molecule has 0 heterocycles. The first-order chi connectivity index (χ1) is 12.6. The van der Waals surface area contributed by atoms with Gasteiger partial charge in [-0.15, -0.1) is 0 Å². The lowest BCUT2D eigenvalue weighted by Crippen LogP contribution is -2.37. The van der Waals surface area contributed by atoms with E-state index in [-0.39, 0.29) is 16.4 Å². The largest absolute Gasteiger partial charge is 0.449 e. The van der Waals surface area contributed by atoms with Gasteiger partial charge in [0.1, 0.15) is 0 Å². The molecule has 2 aromatic rings. The van der Waals surface area contributed by atoms with Gasteiger partial charge in [-0.2, -0.15) is 0 Å². The van der Waals surface area contributed by atoms with Crippen molar-refractivity contribution in [1.29, 1.82) is 0 Å². The van der Waals surface area contributed by atoms with E-state index in [0.717, 1.165) is 11.8 Å². The zero-order valence-corrected chi connectivity index (χ0v) is 16.6. The predicted molar refractivity (Wildman–Crippen MR) is 102 cm³/mol. The smallest absolute Gasteiger partial charge is 0.339 e. The second-order valence-electron chi connectivity index (χ2n) is 6.48. The SMILES string of the molecule is Cc1ccc(S(C)(=O)=O)cc1C(=O)O[C@@H](C)C(=O)N(C)Cc1ccccc1. The Morgan fingerprint density at radius 1 is 1.11 bits per heavy atom. The van der Waals surface area contributed by atoms with E-state index in [0.29, 0.717) is 12.1 Å². The molecular weight excluding hydrogens is 366 g/mol. The van der Waals surface area contributed by atoms with Crippen LogP contribution in [0.1, 0.15) is 28.4 Å². The van der Waals surface area contributed by atoms with E-state index in [1.54, 1.807) is 20.0 Å². The third-order valence-corrected chi connectivity index (χ3v) is 5.24. The maximum Gasteiger partial charge on any atom is 0.339 e. The fourth-order valence-corrected chi connectivity index (χ4v) is 3.22. The minimum absolute atomic E-state index is 0.0280. The van der Waals surface area contributed by atoms with Crippen LogP contribution in [0.25, 0.3) is 0 Å². The molecule has 27 heavy (non-hydrogen) atoms. The van der Waals surface area contributed by atoms with Crippen LogP contribution in [-0.2, 0) is 25.9 Å². The van der Waals surface area contributed by atoms with Crippen LogP contribution in [0, 0.1) is 6.92 Å². The van der Waals surface area contributed by atoms with Crippen molar-refractivity contribution in [3.05, 3.63) is 65.2 Å². The van der Waals surface area contributed by atoms with E-state index in [4.69, 9.17) is 4.74 Å². The van der Waals surface area contributed by atoms with E-state index in [2.05, 4.69) is 0 Å². The molecule has 144 valence electrons. The van der Waals surface area contributed by atoms with Gasteiger partial charge in [-0.1, -0.05) is 36.4 Å². The highest BCUT2D eigenvalue weighted by Crippen LogP contribution is 2.17. The molecule has 0 fully saturated rings. The Hall–Kier alpha value is -2.67. The summed E-state index contributed by atoms with van der Waals surface area (Å²) in [6.45, 7) is 3.57. The molecule has 2 aromatic carbocycles. The number of benzene rings is 2. The topological polar surface area (TPSA) is 80.7 Å². The van der Waals surface area contributed by atoms with Crippen LogP contribution in [0.4, 0.5) is 0 Å². The van der Waals surface area contributed by atoms with Gasteiger partial charge in [-0.25, -0.2) is 13.2 Å². The molecule has 1 atom stereocenters. The highest BCUT2D eigenvalue weighted by molar-refractivity contribution is 7.90. The van der Waals surface area contributed by atoms with E-state index in [1.807, 2.05) is 30.3 Å². The lowest BCUT2D eigenvalue weighted by atomic mass is 10.1. The third kappa shape index (κ3) is 5.40. The molecule has 0 aromatic heterocycles. The number of likely N-dealkylation sites (N-methyl/N-ethyl adjacent to an activating group) is 1. The van der Waals surface area contributed by atoms with Crippen LogP contribution < -0.4 is 0 Å². The molecule has 0 spiro atoms. The maximum atomic E-state index is 12.5. The fraction of sp³-hybridized carbons (Fsp3) is 0.300. The Bertz CT molecular complexity index is 938. The zero-order valence-electron chi connectivity index (χ0n) is 15.8. The van der Waals surface area contributed by atoms with E-state index >= 15 is 0 Å². The summed E-state index contributed by atoms with van der Waals surface area (Å²) in [6, 6.07) is 13.7. The van der Waals surface area contributed by atoms with Gasteiger partial charge in [0, 0.05) is 19.8 Å². The summed E-state index contributed by atoms with van der Waals surface area (Å²) in [5.41, 5.74) is 1.66. The summed E-state index contributed by atoms with van der Waals surface area (Å²) in [4.78, 5) is 26.4. The van der Waals surface area contributed by atoms with Crippen molar-refractivity contribution in [3.63, 3.8) is 0 Å². The average molecular weight is 389 g/mol. The number of hydrogen-bond acceptors (Lipinski definition) is 5. The Morgan fingerprint density at radius 3 is 2.33 bits per heavy atom. The molecule has 0 aliphatic rings. The zero-order chi connectivity index (χ0) is 20.2. The summed E-state index contributed by atoms with van der Waals surface area (Å²) in [7, 11) is -1.82. The molecule has 0 saturated carbocycles. The molecular formula is C20H23NO5S. The van der Waals surface area contributed by atoms with Crippen molar-refractivity contribution in [3.8, 4) is 0 Å². The average Bonchev–Trinajstić information content (AvgIpc) is 2.61. The Labute approximate surface area is 159 Å². The fourth-order valence-electron chi connectivity index (χ4n) is 2.57. The highest BCUT2D eigenvalue weighted by Gasteiger charge is 2.24. The molecule has 0 saturated heterocycles. The van der Waals surface area contributed by atoms with Crippen molar-refractivity contribution in [2.45, 2.75) is 31.4 Å². The molecule has 6 nitrogen and oxygen atoms in total. The summed E-state index contributed by atoms with van der Waals surface area (Å²) in [5.74, 6) is -1.07. The number of nitrogens with zero attached hydrogens (tertiary/aromatic N) is 1. The number of amides is 1. The molecule has 0 bridgehead atoms. The van der Waals surface area contributed by atoms with E-state index in [1.165, 1.54) is 24.0 Å². The monoisotopic (exact) mass is 389 g/mol. The van der Waals surface area contributed by atoms with Gasteiger partial charge >= 0.3 is 5.97 Å². The van der Waals surface area contributed by atoms with Crippen molar-refractivity contribution in [1.82, 2.24) is 4.90 Å². The van der Waals surface area contributed by atoms with Crippen molar-refractivity contribution in [2.75, 3.05) is 13.3 Å². The van der Waals surface area contributed by atoms with Gasteiger partial charge in [-0.05, 0) is 37.1 Å². The molecule has 7 heteroatoms. The molecule has 0 aliphatic heterocycles. The predicted octanol–water partition coefficient (Wildman–Crippen LogP) is 2.60. The molecule has 1 amide bonds. The first-order valence-corrected chi connectivity index (χ1v) is 10.3. The molecule has 0 unspecified atom stereocenters. The quantitative estimate of drug-likeness (QED) is 0.710. The Morgan fingerprint density at radius 2 is 1.74 bits per heavy atom. The standard InChI is InChI=1S/C20H23NO5S/c1-14-10-11-17(27(4,24)25)12-18(14)20(23)26-15(2)19(22)21(3)13-16-8-6-5-7-9-16/h5-12,15H,13H2,1-4H3/t15-/m0/s1. The summed E-state index contributed by atoms with van der Waals surface area (Å²) >= 11 is 0. The van der Waals surface area contributed by atoms with Gasteiger partial charge in [0.05, 0.1) is 10.5 Å². The number of esters is 1. The summed E-state index contributed by atoms with van der Waals surface area (Å²) in [5, 5.41) is 0. The Balaban J connectivity index is 2.09. The van der Waals surface area contributed by atoms with Crippen molar-refractivity contribution >= 4 is 21.7 Å². The number of hydrogen-bond donors (Lipinski definition) is 0. The van der Waals surface area contributed by atoms with Crippen molar-refractivity contribution < 1.29 is 22.7 Å². The third-order valence-electron chi connectivity index (χ3n) is 4.13. The normalized spacial score (nSPS) is 12.3. The summed E-state index contributed by atoms with van der Waals surface area (Å²) in [6.07, 6.45) is 0.0739. The lowest BCUT2D eigenvalue weighted by molar-refractivity contribution is -0.139. The van der Waals surface area contributed by atoms with E-state index in [9.17, 15) is 18.0 Å². The molecule has 2 rings (SSSR count). The van der Waals surface area contributed by atoms with Crippen LogP contribution >= 0.6 is 0 Å². The first kappa shape index (κ1) is 20.6. The van der Waals surface area contributed by atoms with Gasteiger partial charge in [0.15, 0.2) is 15.9 Å². The maximum absolute atomic E-state index is 12.5. The van der Waals surface area contributed by atoms with Crippen LogP contribution in [0.5, 0.6) is 0 Å². The molecule has 0 N–H and O–H groups in total. The minimum Gasteiger partial charge on any atom is -0.449 e. The van der Waals surface area contributed by atoms with Crippen LogP contribution in [-0.4, -0.2) is 44.6 Å². The molecule has 0 aliphatic carbocycles. The number of aryl methyl sites for hydroxylation is 1. The number of rotatable bonds is 6. The van der Waals surface area contributed by atoms with Gasteiger partial charge < -0.3 is 9.64 Å². The van der Waals surface area contributed by atoms with Gasteiger partial charge in [0.25, 0.3) is 5.91 Å². The highest BCUT2D eigenvalue weighted by atomic mass is 32.2. The second kappa shape index (κ2) is 8.35. The number of carbonyl (C=O) groups is 2. The second-order valence-corrected chi connectivity index (χ2v) is 8.49.